The molecule has 1 aliphatic heterocycles. The van der Waals surface area contributed by atoms with Gasteiger partial charge in [-0.05, 0) is 24.6 Å². The van der Waals surface area contributed by atoms with Crippen LogP contribution < -0.4 is 4.90 Å². The number of amides is 1. The minimum atomic E-state index is -1.07. The largest absolute Gasteiger partial charge is 0.481 e. The summed E-state index contributed by atoms with van der Waals surface area (Å²) >= 11 is 0. The minimum Gasteiger partial charge on any atom is -0.481 e. The summed E-state index contributed by atoms with van der Waals surface area (Å²) < 4.78 is 0. The van der Waals surface area contributed by atoms with Crippen LogP contribution in [-0.2, 0) is 9.59 Å². The normalized spacial score (nSPS) is 18.7. The fraction of sp³-hybridized carbons (Fsp3) is 0.308. The first-order valence-corrected chi connectivity index (χ1v) is 5.78. The average molecular weight is 263 g/mol. The number of carboxylic acid groups (broad SMARTS) is 2. The Bertz CT molecular complexity index is 566. The Kier molecular flexibility index (Phi) is 3.25. The van der Waals surface area contributed by atoms with Crippen molar-refractivity contribution in [1.82, 2.24) is 0 Å². The maximum Gasteiger partial charge on any atom is 0.336 e. The molecule has 0 bridgehead atoms. The first-order valence-electron chi connectivity index (χ1n) is 5.78. The zero-order valence-corrected chi connectivity index (χ0v) is 10.3. The number of carbonyl (C=O) groups is 3. The molecule has 1 aliphatic rings. The quantitative estimate of drug-likeness (QED) is 0.852. The van der Waals surface area contributed by atoms with Gasteiger partial charge in [0.05, 0.1) is 11.5 Å². The molecule has 0 aliphatic carbocycles. The third-order valence-electron chi connectivity index (χ3n) is 3.30. The van der Waals surface area contributed by atoms with Gasteiger partial charge in [0.25, 0.3) is 0 Å². The highest BCUT2D eigenvalue weighted by Crippen LogP contribution is 2.29. The van der Waals surface area contributed by atoms with Gasteiger partial charge >= 0.3 is 11.9 Å². The molecule has 1 aromatic rings. The second-order valence-corrected chi connectivity index (χ2v) is 4.50. The van der Waals surface area contributed by atoms with Crippen LogP contribution in [-0.4, -0.2) is 34.6 Å². The summed E-state index contributed by atoms with van der Waals surface area (Å²) in [5.74, 6) is -3.11. The number of carbonyl (C=O) groups excluding carboxylic acids is 1. The molecule has 6 heteroatoms. The van der Waals surface area contributed by atoms with E-state index < -0.39 is 17.9 Å². The molecule has 2 N–H and O–H groups in total. The number of hydrogen-bond acceptors (Lipinski definition) is 3. The van der Waals surface area contributed by atoms with Gasteiger partial charge in [-0.3, -0.25) is 9.59 Å². The van der Waals surface area contributed by atoms with E-state index in [-0.39, 0.29) is 24.4 Å². The van der Waals surface area contributed by atoms with Gasteiger partial charge in [-0.15, -0.1) is 0 Å². The van der Waals surface area contributed by atoms with Crippen LogP contribution in [0.3, 0.4) is 0 Å². The molecule has 1 amide bonds. The summed E-state index contributed by atoms with van der Waals surface area (Å²) in [6.07, 6.45) is -0.0495. The van der Waals surface area contributed by atoms with Gasteiger partial charge in [0.15, 0.2) is 0 Å². The molecular weight excluding hydrogens is 250 g/mol. The zero-order valence-electron chi connectivity index (χ0n) is 10.3. The van der Waals surface area contributed by atoms with E-state index in [0.717, 1.165) is 0 Å². The predicted molar refractivity (Wildman–Crippen MR) is 66.2 cm³/mol. The van der Waals surface area contributed by atoms with Crippen LogP contribution in [0.25, 0.3) is 0 Å². The fourth-order valence-corrected chi connectivity index (χ4v) is 2.25. The molecule has 0 spiro atoms. The van der Waals surface area contributed by atoms with Crippen LogP contribution in [0.2, 0.25) is 0 Å². The lowest BCUT2D eigenvalue weighted by molar-refractivity contribution is -0.141. The molecule has 1 atom stereocenters. The maximum atomic E-state index is 11.8. The summed E-state index contributed by atoms with van der Waals surface area (Å²) in [4.78, 5) is 35.1. The first kappa shape index (κ1) is 13.1. The van der Waals surface area contributed by atoms with E-state index in [0.29, 0.717) is 11.3 Å². The highest BCUT2D eigenvalue weighted by molar-refractivity contribution is 6.01. The Hall–Kier alpha value is -2.37. The lowest BCUT2D eigenvalue weighted by atomic mass is 10.1. The zero-order chi connectivity index (χ0) is 14.2. The van der Waals surface area contributed by atoms with Gasteiger partial charge in [-0.25, -0.2) is 4.79 Å². The van der Waals surface area contributed by atoms with Crippen molar-refractivity contribution >= 4 is 23.5 Å². The lowest BCUT2D eigenvalue weighted by Gasteiger charge is -2.19. The van der Waals surface area contributed by atoms with Crippen molar-refractivity contribution in [3.63, 3.8) is 0 Å². The predicted octanol–water partition coefficient (Wildman–Crippen LogP) is 1.13. The molecule has 1 aromatic carbocycles. The Morgan fingerprint density at radius 3 is 2.53 bits per heavy atom. The van der Waals surface area contributed by atoms with E-state index >= 15 is 0 Å². The molecule has 1 saturated heterocycles. The number of aromatic carboxylic acids is 1. The Balaban J connectivity index is 2.38. The molecule has 0 radical (unpaired) electrons. The van der Waals surface area contributed by atoms with Crippen molar-refractivity contribution in [3.8, 4) is 0 Å². The van der Waals surface area contributed by atoms with Gasteiger partial charge in [-0.2, -0.15) is 0 Å². The van der Waals surface area contributed by atoms with E-state index in [1.54, 1.807) is 19.1 Å². The second-order valence-electron chi connectivity index (χ2n) is 4.50. The molecule has 6 nitrogen and oxygen atoms in total. The summed E-state index contributed by atoms with van der Waals surface area (Å²) in [6.45, 7) is 1.69. The Morgan fingerprint density at radius 2 is 2.00 bits per heavy atom. The van der Waals surface area contributed by atoms with Crippen LogP contribution in [0, 0.1) is 12.8 Å². The van der Waals surface area contributed by atoms with Crippen molar-refractivity contribution in [1.29, 1.82) is 0 Å². The van der Waals surface area contributed by atoms with Gasteiger partial charge in [0.1, 0.15) is 0 Å². The SMILES string of the molecule is Cc1c(C(=O)O)cccc1N1C[C@@H](C(=O)O)CC1=O. The highest BCUT2D eigenvalue weighted by Gasteiger charge is 2.35. The minimum absolute atomic E-state index is 0.0495. The number of benzene rings is 1. The van der Waals surface area contributed by atoms with Crippen molar-refractivity contribution in [3.05, 3.63) is 29.3 Å². The highest BCUT2D eigenvalue weighted by atomic mass is 16.4. The second kappa shape index (κ2) is 4.72. The fourth-order valence-electron chi connectivity index (χ4n) is 2.25. The van der Waals surface area contributed by atoms with Crippen molar-refractivity contribution in [2.75, 3.05) is 11.4 Å². The Morgan fingerprint density at radius 1 is 1.32 bits per heavy atom. The van der Waals surface area contributed by atoms with Gasteiger partial charge in [-0.1, -0.05) is 6.07 Å². The smallest absolute Gasteiger partial charge is 0.336 e. The molecule has 0 unspecified atom stereocenters. The lowest BCUT2D eigenvalue weighted by Crippen LogP contribution is -2.27. The standard InChI is InChI=1S/C13H13NO5/c1-7-9(13(18)19)3-2-4-10(7)14-6-8(12(16)17)5-11(14)15/h2-4,8H,5-6H2,1H3,(H,16,17)(H,18,19)/t8-/m0/s1. The van der Waals surface area contributed by atoms with E-state index in [9.17, 15) is 14.4 Å². The van der Waals surface area contributed by atoms with Crippen LogP contribution in [0.5, 0.6) is 0 Å². The van der Waals surface area contributed by atoms with E-state index in [1.807, 2.05) is 0 Å². The molecular formula is C13H13NO5. The number of nitrogens with zero attached hydrogens (tertiary/aromatic N) is 1. The van der Waals surface area contributed by atoms with Crippen molar-refractivity contribution in [2.24, 2.45) is 5.92 Å². The molecule has 0 saturated carbocycles. The number of anilines is 1. The summed E-state index contributed by atoms with van der Waals surface area (Å²) in [7, 11) is 0. The molecule has 2 rings (SSSR count). The van der Waals surface area contributed by atoms with Crippen LogP contribution in [0.15, 0.2) is 18.2 Å². The first-order chi connectivity index (χ1) is 8.91. The number of rotatable bonds is 3. The maximum absolute atomic E-state index is 11.8. The van der Waals surface area contributed by atoms with E-state index in [2.05, 4.69) is 0 Å². The molecule has 0 aromatic heterocycles. The average Bonchev–Trinajstić information content (AvgIpc) is 2.71. The number of carboxylic acids is 2. The summed E-state index contributed by atoms with van der Waals surface area (Å²) in [5.41, 5.74) is 1.05. The van der Waals surface area contributed by atoms with Crippen molar-refractivity contribution in [2.45, 2.75) is 13.3 Å². The van der Waals surface area contributed by atoms with Crippen LogP contribution >= 0.6 is 0 Å². The summed E-state index contributed by atoms with van der Waals surface area (Å²) in [5, 5.41) is 18.0. The Labute approximate surface area is 109 Å². The van der Waals surface area contributed by atoms with Gasteiger partial charge < -0.3 is 15.1 Å². The van der Waals surface area contributed by atoms with Crippen LogP contribution in [0.4, 0.5) is 5.69 Å². The van der Waals surface area contributed by atoms with Gasteiger partial charge in [0, 0.05) is 18.7 Å². The monoisotopic (exact) mass is 263 g/mol. The topological polar surface area (TPSA) is 94.9 Å². The van der Waals surface area contributed by atoms with Crippen LogP contribution in [0.1, 0.15) is 22.3 Å². The molecule has 19 heavy (non-hydrogen) atoms. The number of aliphatic carboxylic acids is 1. The third-order valence-corrected chi connectivity index (χ3v) is 3.30. The molecule has 1 fully saturated rings. The van der Waals surface area contributed by atoms with Crippen molar-refractivity contribution < 1.29 is 24.6 Å². The molecule has 1 heterocycles. The number of hydrogen-bond donors (Lipinski definition) is 2. The summed E-state index contributed by atoms with van der Waals surface area (Å²) in [6, 6.07) is 4.63. The molecule has 100 valence electrons. The van der Waals surface area contributed by atoms with E-state index in [4.69, 9.17) is 10.2 Å². The van der Waals surface area contributed by atoms with E-state index in [1.165, 1.54) is 11.0 Å². The third kappa shape index (κ3) is 2.29. The van der Waals surface area contributed by atoms with Gasteiger partial charge in [0.2, 0.25) is 5.91 Å².